The highest BCUT2D eigenvalue weighted by atomic mass is 35.5. The third kappa shape index (κ3) is 5.76. The van der Waals surface area contributed by atoms with Gasteiger partial charge >= 0.3 is 0 Å². The van der Waals surface area contributed by atoms with E-state index in [4.69, 9.17) is 0 Å². The van der Waals surface area contributed by atoms with Gasteiger partial charge in [-0.05, 0) is 88.3 Å². The molecule has 6 nitrogen and oxygen atoms in total. The van der Waals surface area contributed by atoms with Crippen molar-refractivity contribution >= 4 is 22.2 Å². The smallest absolute Gasteiger partial charge is 0.206 e. The van der Waals surface area contributed by atoms with Crippen LogP contribution in [-0.4, -0.2) is 54.6 Å². The average molecular weight is 481 g/mol. The quantitative estimate of drug-likeness (QED) is 0.640. The highest BCUT2D eigenvalue weighted by molar-refractivity contribution is 7.91. The van der Waals surface area contributed by atoms with Crippen molar-refractivity contribution in [1.29, 1.82) is 0 Å². The van der Waals surface area contributed by atoms with Gasteiger partial charge < -0.3 is 10.2 Å². The molecule has 2 aromatic carbocycles. The summed E-state index contributed by atoms with van der Waals surface area (Å²) >= 11 is 0. The maximum absolute atomic E-state index is 13.4. The lowest BCUT2D eigenvalue weighted by Crippen LogP contribution is -2.29. The molecule has 2 heterocycles. The molecule has 32 heavy (non-hydrogen) atoms. The first-order valence-corrected chi connectivity index (χ1v) is 12.8. The van der Waals surface area contributed by atoms with Gasteiger partial charge in [-0.15, -0.1) is 12.4 Å². The van der Waals surface area contributed by atoms with Crippen molar-refractivity contribution in [2.24, 2.45) is 0 Å². The SMILES string of the molecule is Cl.O=S(=O)(c1ccc(O)c(CN2CCCCC2)c1)c1ccc(O)c(CN2CCCCC2)c1. The van der Waals surface area contributed by atoms with Crippen LogP contribution in [0.15, 0.2) is 46.2 Å². The van der Waals surface area contributed by atoms with E-state index in [1.54, 1.807) is 12.1 Å². The molecule has 2 aromatic rings. The number of nitrogens with zero attached hydrogens (tertiary/aromatic N) is 2. The largest absolute Gasteiger partial charge is 0.508 e. The van der Waals surface area contributed by atoms with E-state index in [0.717, 1.165) is 51.9 Å². The van der Waals surface area contributed by atoms with Gasteiger partial charge in [-0.2, -0.15) is 0 Å². The number of halogens is 1. The normalized spacial score (nSPS) is 18.2. The number of phenols is 2. The fourth-order valence-corrected chi connectivity index (χ4v) is 5.93. The zero-order valence-electron chi connectivity index (χ0n) is 18.4. The number of hydrogen-bond acceptors (Lipinski definition) is 6. The Balaban J connectivity index is 0.00000289. The molecule has 0 unspecified atom stereocenters. The number of benzene rings is 2. The predicted molar refractivity (Wildman–Crippen MR) is 127 cm³/mol. The van der Waals surface area contributed by atoms with E-state index in [0.29, 0.717) is 24.2 Å². The Labute approximate surface area is 197 Å². The number of piperidine rings is 2. The van der Waals surface area contributed by atoms with Gasteiger partial charge in [-0.25, -0.2) is 8.42 Å². The van der Waals surface area contributed by atoms with Crippen molar-refractivity contribution in [1.82, 2.24) is 9.80 Å². The van der Waals surface area contributed by atoms with Crippen LogP contribution in [0.2, 0.25) is 0 Å². The Kier molecular flexibility index (Phi) is 8.44. The Morgan fingerprint density at radius 2 is 1.03 bits per heavy atom. The lowest BCUT2D eigenvalue weighted by molar-refractivity contribution is 0.218. The van der Waals surface area contributed by atoms with Crippen LogP contribution in [-0.2, 0) is 22.9 Å². The first kappa shape index (κ1) is 24.8. The Morgan fingerprint density at radius 1 is 0.656 bits per heavy atom. The van der Waals surface area contributed by atoms with Crippen molar-refractivity contribution < 1.29 is 18.6 Å². The molecule has 0 aromatic heterocycles. The molecule has 2 N–H and O–H groups in total. The summed E-state index contributed by atoms with van der Waals surface area (Å²) in [7, 11) is -3.76. The first-order valence-electron chi connectivity index (χ1n) is 11.3. The van der Waals surface area contributed by atoms with Crippen LogP contribution in [0.25, 0.3) is 0 Å². The van der Waals surface area contributed by atoms with Crippen molar-refractivity contribution in [3.63, 3.8) is 0 Å². The Morgan fingerprint density at radius 3 is 1.41 bits per heavy atom. The molecule has 0 spiro atoms. The zero-order chi connectivity index (χ0) is 21.8. The molecule has 0 aliphatic carbocycles. The van der Waals surface area contributed by atoms with Crippen molar-refractivity contribution in [3.8, 4) is 11.5 Å². The fourth-order valence-electron chi connectivity index (χ4n) is 4.56. The molecule has 176 valence electrons. The monoisotopic (exact) mass is 480 g/mol. The second-order valence-corrected chi connectivity index (χ2v) is 10.7. The van der Waals surface area contributed by atoms with Crippen LogP contribution in [0.1, 0.15) is 49.7 Å². The minimum atomic E-state index is -3.76. The summed E-state index contributed by atoms with van der Waals surface area (Å²) in [6.07, 6.45) is 6.96. The molecule has 0 bridgehead atoms. The maximum atomic E-state index is 13.4. The first-order chi connectivity index (χ1) is 14.9. The number of aromatic hydroxyl groups is 2. The van der Waals surface area contributed by atoms with Gasteiger partial charge in [0.05, 0.1) is 9.79 Å². The van der Waals surface area contributed by atoms with Crippen LogP contribution in [0.4, 0.5) is 0 Å². The molecular formula is C24H33ClN2O4S. The second kappa shape index (κ2) is 10.9. The van der Waals surface area contributed by atoms with Gasteiger partial charge in [-0.1, -0.05) is 12.8 Å². The van der Waals surface area contributed by atoms with Gasteiger partial charge in [0, 0.05) is 24.2 Å². The summed E-state index contributed by atoms with van der Waals surface area (Å²) in [5, 5.41) is 20.6. The zero-order valence-corrected chi connectivity index (χ0v) is 20.0. The number of sulfone groups is 1. The average Bonchev–Trinajstić information content (AvgIpc) is 2.78. The number of rotatable bonds is 6. The lowest BCUT2D eigenvalue weighted by atomic mass is 10.1. The maximum Gasteiger partial charge on any atom is 0.206 e. The second-order valence-electron chi connectivity index (χ2n) is 8.76. The number of hydrogen-bond donors (Lipinski definition) is 2. The predicted octanol–water partition coefficient (Wildman–Crippen LogP) is 4.32. The number of phenolic OH excluding ortho intramolecular Hbond substituents is 2. The van der Waals surface area contributed by atoms with Crippen LogP contribution in [0, 0.1) is 0 Å². The number of likely N-dealkylation sites (tertiary alicyclic amines) is 2. The third-order valence-electron chi connectivity index (χ3n) is 6.41. The third-order valence-corrected chi connectivity index (χ3v) is 8.16. The van der Waals surface area contributed by atoms with Crippen LogP contribution < -0.4 is 0 Å². The minimum Gasteiger partial charge on any atom is -0.508 e. The highest BCUT2D eigenvalue weighted by Crippen LogP contribution is 2.30. The van der Waals surface area contributed by atoms with Gasteiger partial charge in [0.2, 0.25) is 9.84 Å². The molecule has 2 saturated heterocycles. The van der Waals surface area contributed by atoms with Gasteiger partial charge in [-0.3, -0.25) is 9.80 Å². The van der Waals surface area contributed by atoms with Crippen molar-refractivity contribution in [2.75, 3.05) is 26.2 Å². The van der Waals surface area contributed by atoms with Crippen molar-refractivity contribution in [2.45, 2.75) is 61.4 Å². The Hall–Kier alpha value is -1.80. The van der Waals surface area contributed by atoms with Crippen molar-refractivity contribution in [3.05, 3.63) is 47.5 Å². The molecule has 2 fully saturated rings. The molecular weight excluding hydrogens is 448 g/mol. The summed E-state index contributed by atoms with van der Waals surface area (Å²) in [4.78, 5) is 4.86. The summed E-state index contributed by atoms with van der Waals surface area (Å²) in [5.74, 6) is 0.252. The topological polar surface area (TPSA) is 81.1 Å². The summed E-state index contributed by atoms with van der Waals surface area (Å²) in [6, 6.07) is 9.05. The summed E-state index contributed by atoms with van der Waals surface area (Å²) in [5.41, 5.74) is 1.27. The summed E-state index contributed by atoms with van der Waals surface area (Å²) in [6.45, 7) is 4.96. The minimum absolute atomic E-state index is 0. The molecule has 4 rings (SSSR count). The Bertz CT molecular complexity index is 941. The molecule has 0 atom stereocenters. The van der Waals surface area contributed by atoms with E-state index in [-0.39, 0.29) is 33.7 Å². The molecule has 0 amide bonds. The molecule has 0 saturated carbocycles. The molecule has 8 heteroatoms. The van der Waals surface area contributed by atoms with E-state index in [9.17, 15) is 18.6 Å². The van der Waals surface area contributed by atoms with E-state index in [2.05, 4.69) is 9.80 Å². The molecule has 2 aliphatic heterocycles. The van der Waals surface area contributed by atoms with Gasteiger partial charge in [0.1, 0.15) is 11.5 Å². The van der Waals surface area contributed by atoms with Crippen LogP contribution >= 0.6 is 12.4 Å². The fraction of sp³-hybridized carbons (Fsp3) is 0.500. The van der Waals surface area contributed by atoms with E-state index in [1.165, 1.54) is 37.1 Å². The highest BCUT2D eigenvalue weighted by Gasteiger charge is 2.22. The summed E-state index contributed by atoms with van der Waals surface area (Å²) < 4.78 is 26.7. The molecule has 2 aliphatic rings. The van der Waals surface area contributed by atoms with Gasteiger partial charge in [0.25, 0.3) is 0 Å². The standard InChI is InChI=1S/C24H32N2O4S.ClH/c27-23-9-7-21(15-19(23)17-25-11-3-1-4-12-25)31(29,30)22-8-10-24(28)20(16-22)18-26-13-5-2-6-14-26;/h7-10,15-16,27-28H,1-6,11-14,17-18H2;1H. The van der Waals surface area contributed by atoms with E-state index < -0.39 is 9.84 Å². The van der Waals surface area contributed by atoms with Gasteiger partial charge in [0.15, 0.2) is 0 Å². The van der Waals surface area contributed by atoms with Crippen LogP contribution in [0.5, 0.6) is 11.5 Å². The molecule has 0 radical (unpaired) electrons. The lowest BCUT2D eigenvalue weighted by Gasteiger charge is -2.27. The van der Waals surface area contributed by atoms with E-state index in [1.807, 2.05) is 0 Å². The van der Waals surface area contributed by atoms with Crippen LogP contribution in [0.3, 0.4) is 0 Å². The van der Waals surface area contributed by atoms with E-state index >= 15 is 0 Å².